The van der Waals surface area contributed by atoms with E-state index in [9.17, 15) is 9.59 Å². The van der Waals surface area contributed by atoms with Crippen LogP contribution in [0, 0.1) is 0 Å². The van der Waals surface area contributed by atoms with E-state index in [1.165, 1.54) is 24.6 Å². The molecule has 0 bridgehead atoms. The third-order valence-electron chi connectivity index (χ3n) is 3.79. The number of nitrogens with zero attached hydrogens (tertiary/aromatic N) is 2. The van der Waals surface area contributed by atoms with Crippen LogP contribution in [0.15, 0.2) is 39.3 Å². The Hall–Kier alpha value is -2.70. The van der Waals surface area contributed by atoms with E-state index in [0.717, 1.165) is 19.3 Å². The molecule has 7 nitrogen and oxygen atoms in total. The number of aromatic amines is 1. The van der Waals surface area contributed by atoms with Gasteiger partial charge in [0.2, 0.25) is 0 Å². The first-order chi connectivity index (χ1) is 11.2. The van der Waals surface area contributed by atoms with Crippen LogP contribution >= 0.6 is 0 Å². The highest BCUT2D eigenvalue weighted by Crippen LogP contribution is 2.19. The minimum atomic E-state index is -0.399. The van der Waals surface area contributed by atoms with Crippen LogP contribution in [0.5, 0.6) is 0 Å². The Balaban J connectivity index is 1.59. The van der Waals surface area contributed by atoms with E-state index >= 15 is 0 Å². The molecule has 0 spiro atoms. The molecule has 0 radical (unpaired) electrons. The van der Waals surface area contributed by atoms with Gasteiger partial charge in [0.15, 0.2) is 0 Å². The number of carbonyl (C=O) groups is 1. The molecule has 120 valence electrons. The zero-order valence-electron chi connectivity index (χ0n) is 12.7. The molecule has 2 heterocycles. The van der Waals surface area contributed by atoms with Crippen molar-refractivity contribution in [3.8, 4) is 11.5 Å². The summed E-state index contributed by atoms with van der Waals surface area (Å²) in [5.74, 6) is -0.434. The average Bonchev–Trinajstić information content (AvgIpc) is 3.06. The first-order valence-electron chi connectivity index (χ1n) is 7.72. The molecule has 23 heavy (non-hydrogen) atoms. The topological polar surface area (TPSA) is 101 Å². The summed E-state index contributed by atoms with van der Waals surface area (Å²) in [6, 6.07) is 3.21. The smallest absolute Gasteiger partial charge is 0.292 e. The SMILES string of the molecule is O=C(NCCC1=CCCCC1)c1noc(-c2ccc[nH]c2=O)n1. The number of allylic oxidation sites excluding steroid dienone is 1. The highest BCUT2D eigenvalue weighted by molar-refractivity contribution is 5.90. The first-order valence-corrected chi connectivity index (χ1v) is 7.72. The van der Waals surface area contributed by atoms with Gasteiger partial charge in [0, 0.05) is 12.7 Å². The normalized spacial score (nSPS) is 14.3. The number of amides is 1. The summed E-state index contributed by atoms with van der Waals surface area (Å²) >= 11 is 0. The molecule has 3 rings (SSSR count). The molecule has 7 heteroatoms. The molecule has 2 N–H and O–H groups in total. The standard InChI is InChI=1S/C16H18N4O3/c21-14-12(7-4-9-17-14)16-19-13(20-23-16)15(22)18-10-8-11-5-2-1-3-6-11/h4-5,7,9H,1-3,6,8,10H2,(H,17,21)(H,18,22). The molecule has 0 unspecified atom stereocenters. The number of hydrogen-bond acceptors (Lipinski definition) is 5. The van der Waals surface area contributed by atoms with Crippen LogP contribution in [-0.4, -0.2) is 27.6 Å². The number of nitrogens with one attached hydrogen (secondary N) is 2. The minimum absolute atomic E-state index is 0.0342. The average molecular weight is 314 g/mol. The Morgan fingerprint density at radius 3 is 3.09 bits per heavy atom. The fourth-order valence-electron chi connectivity index (χ4n) is 2.56. The lowest BCUT2D eigenvalue weighted by molar-refractivity contribution is 0.0940. The highest BCUT2D eigenvalue weighted by atomic mass is 16.5. The van der Waals surface area contributed by atoms with Gasteiger partial charge in [0.1, 0.15) is 5.56 Å². The molecule has 0 saturated heterocycles. The van der Waals surface area contributed by atoms with Crippen molar-refractivity contribution in [2.45, 2.75) is 32.1 Å². The Labute approximate surface area is 132 Å². The summed E-state index contributed by atoms with van der Waals surface area (Å²) in [6.07, 6.45) is 9.32. The van der Waals surface area contributed by atoms with Crippen molar-refractivity contribution in [3.05, 3.63) is 46.2 Å². The van der Waals surface area contributed by atoms with Crippen LogP contribution in [0.2, 0.25) is 0 Å². The van der Waals surface area contributed by atoms with Crippen molar-refractivity contribution in [2.75, 3.05) is 6.54 Å². The van der Waals surface area contributed by atoms with Gasteiger partial charge in [-0.3, -0.25) is 9.59 Å². The molecule has 0 saturated carbocycles. The highest BCUT2D eigenvalue weighted by Gasteiger charge is 2.17. The van der Waals surface area contributed by atoms with Crippen molar-refractivity contribution in [2.24, 2.45) is 0 Å². The first kappa shape index (κ1) is 15.2. The van der Waals surface area contributed by atoms with Crippen LogP contribution in [0.3, 0.4) is 0 Å². The Morgan fingerprint density at radius 2 is 2.30 bits per heavy atom. The van der Waals surface area contributed by atoms with Gasteiger partial charge >= 0.3 is 0 Å². The van der Waals surface area contributed by atoms with Crippen LogP contribution in [0.25, 0.3) is 11.5 Å². The van der Waals surface area contributed by atoms with Gasteiger partial charge < -0.3 is 14.8 Å². The second-order valence-electron chi connectivity index (χ2n) is 5.45. The van der Waals surface area contributed by atoms with Crippen molar-refractivity contribution in [1.29, 1.82) is 0 Å². The van der Waals surface area contributed by atoms with E-state index in [4.69, 9.17) is 4.52 Å². The van der Waals surface area contributed by atoms with Crippen molar-refractivity contribution >= 4 is 5.91 Å². The summed E-state index contributed by atoms with van der Waals surface area (Å²) in [6.45, 7) is 0.542. The predicted molar refractivity (Wildman–Crippen MR) is 83.9 cm³/mol. The van der Waals surface area contributed by atoms with E-state index in [2.05, 4.69) is 26.5 Å². The number of hydrogen-bond donors (Lipinski definition) is 2. The molecular formula is C16H18N4O3. The molecular weight excluding hydrogens is 296 g/mol. The monoisotopic (exact) mass is 314 g/mol. The van der Waals surface area contributed by atoms with Gasteiger partial charge in [-0.25, -0.2) is 0 Å². The molecule has 2 aromatic heterocycles. The van der Waals surface area contributed by atoms with Gasteiger partial charge in [0.25, 0.3) is 23.2 Å². The fraction of sp³-hybridized carbons (Fsp3) is 0.375. The Kier molecular flexibility index (Phi) is 4.65. The van der Waals surface area contributed by atoms with Crippen molar-refractivity contribution < 1.29 is 9.32 Å². The molecule has 0 atom stereocenters. The number of pyridine rings is 1. The predicted octanol–water partition coefficient (Wildman–Crippen LogP) is 2.05. The summed E-state index contributed by atoms with van der Waals surface area (Å²) < 4.78 is 5.00. The van der Waals surface area contributed by atoms with E-state index in [1.807, 2.05) is 0 Å². The van der Waals surface area contributed by atoms with Crippen molar-refractivity contribution in [1.82, 2.24) is 20.4 Å². The lowest BCUT2D eigenvalue weighted by Gasteiger charge is -2.12. The third-order valence-corrected chi connectivity index (χ3v) is 3.79. The maximum Gasteiger partial charge on any atom is 0.292 e. The maximum atomic E-state index is 12.0. The van der Waals surface area contributed by atoms with Crippen LogP contribution in [0.1, 0.15) is 42.7 Å². The molecule has 1 amide bonds. The summed E-state index contributed by atoms with van der Waals surface area (Å²) in [4.78, 5) is 30.2. The summed E-state index contributed by atoms with van der Waals surface area (Å²) in [5, 5.41) is 6.41. The minimum Gasteiger partial charge on any atom is -0.349 e. The molecule has 0 aliphatic heterocycles. The fourth-order valence-corrected chi connectivity index (χ4v) is 2.56. The third kappa shape index (κ3) is 3.74. The largest absolute Gasteiger partial charge is 0.349 e. The van der Waals surface area contributed by atoms with Gasteiger partial charge in [-0.05, 0) is 44.2 Å². The number of rotatable bonds is 5. The summed E-state index contributed by atoms with van der Waals surface area (Å²) in [7, 11) is 0. The van der Waals surface area contributed by atoms with E-state index in [1.54, 1.807) is 12.1 Å². The van der Waals surface area contributed by atoms with Crippen LogP contribution in [-0.2, 0) is 0 Å². The summed E-state index contributed by atoms with van der Waals surface area (Å²) in [5.41, 5.74) is 1.29. The van der Waals surface area contributed by atoms with Crippen molar-refractivity contribution in [3.63, 3.8) is 0 Å². The molecule has 0 aromatic carbocycles. The number of carbonyl (C=O) groups excluding carboxylic acids is 1. The van der Waals surface area contributed by atoms with E-state index in [0.29, 0.717) is 6.54 Å². The van der Waals surface area contributed by atoms with Gasteiger partial charge in [-0.15, -0.1) is 0 Å². The maximum absolute atomic E-state index is 12.0. The van der Waals surface area contributed by atoms with Gasteiger partial charge in [-0.2, -0.15) is 4.98 Å². The van der Waals surface area contributed by atoms with Gasteiger partial charge in [0.05, 0.1) is 0 Å². The number of H-pyrrole nitrogens is 1. The lowest BCUT2D eigenvalue weighted by Crippen LogP contribution is -2.26. The van der Waals surface area contributed by atoms with Crippen LogP contribution in [0.4, 0.5) is 0 Å². The molecule has 1 aliphatic rings. The molecule has 1 aliphatic carbocycles. The van der Waals surface area contributed by atoms with Crippen LogP contribution < -0.4 is 10.9 Å². The quantitative estimate of drug-likeness (QED) is 0.822. The second-order valence-corrected chi connectivity index (χ2v) is 5.45. The Bertz CT molecular complexity index is 775. The zero-order valence-corrected chi connectivity index (χ0v) is 12.7. The second kappa shape index (κ2) is 7.04. The molecule has 0 fully saturated rings. The van der Waals surface area contributed by atoms with Gasteiger partial charge in [-0.1, -0.05) is 16.8 Å². The Morgan fingerprint density at radius 1 is 1.39 bits per heavy atom. The van der Waals surface area contributed by atoms with E-state index < -0.39 is 5.91 Å². The number of aromatic nitrogens is 3. The molecule has 2 aromatic rings. The lowest BCUT2D eigenvalue weighted by atomic mass is 9.97. The van der Waals surface area contributed by atoms with E-state index in [-0.39, 0.29) is 22.8 Å². The zero-order chi connectivity index (χ0) is 16.1.